The van der Waals surface area contributed by atoms with Crippen LogP contribution in [0.1, 0.15) is 154 Å². The zero-order valence-corrected chi connectivity index (χ0v) is 38.9. The molecule has 3 aromatic rings. The summed E-state index contributed by atoms with van der Waals surface area (Å²) in [6, 6.07) is 17.5. The van der Waals surface area contributed by atoms with E-state index >= 15 is 0 Å². The SMILES string of the molecule is C=C(C)[C@@H]1CC[C@]2(C(=O)NCCc3cccc(C(=O)NCc4ccc(C(=O)NCc5ncccc5C(=O)O)cc4)c3)CC[C@]3(C)C(CCC4[C@@]5(C)CC[C@H](O)C(C)(C)C5CC[C@]43C)C12. The van der Waals surface area contributed by atoms with Crippen LogP contribution in [0.2, 0.25) is 0 Å². The summed E-state index contributed by atoms with van der Waals surface area (Å²) in [7, 11) is 0. The van der Waals surface area contributed by atoms with Gasteiger partial charge in [0.15, 0.2) is 0 Å². The van der Waals surface area contributed by atoms with Crippen LogP contribution in [0.4, 0.5) is 0 Å². The van der Waals surface area contributed by atoms with Gasteiger partial charge in [-0.25, -0.2) is 4.79 Å². The fourth-order valence-corrected chi connectivity index (χ4v) is 15.0. The molecule has 8 rings (SSSR count). The number of allylic oxidation sites excluding steroid dienone is 1. The highest BCUT2D eigenvalue weighted by Crippen LogP contribution is 2.77. The van der Waals surface area contributed by atoms with E-state index in [0.717, 1.165) is 56.1 Å². The van der Waals surface area contributed by atoms with Gasteiger partial charge in [0.05, 0.1) is 29.3 Å². The molecule has 1 aromatic heterocycles. The highest BCUT2D eigenvalue weighted by Gasteiger charge is 2.71. The molecule has 4 unspecified atom stereocenters. The number of carbonyl (C=O) groups excluding carboxylic acids is 3. The van der Waals surface area contributed by atoms with Gasteiger partial charge in [-0.2, -0.15) is 0 Å². The number of amides is 3. The first-order valence-corrected chi connectivity index (χ1v) is 23.9. The molecule has 0 aliphatic heterocycles. The Kier molecular flexibility index (Phi) is 12.3. The number of aromatic nitrogens is 1. The number of nitrogens with one attached hydrogen (secondary N) is 3. The normalized spacial score (nSPS) is 33.6. The Morgan fingerprint density at radius 3 is 2.20 bits per heavy atom. The number of hydrogen-bond donors (Lipinski definition) is 5. The van der Waals surface area contributed by atoms with E-state index < -0.39 is 11.4 Å². The third-order valence-corrected chi connectivity index (χ3v) is 18.6. The van der Waals surface area contributed by atoms with E-state index in [1.54, 1.807) is 30.3 Å². The van der Waals surface area contributed by atoms with Crippen LogP contribution in [0.5, 0.6) is 0 Å². The number of hydrogen-bond acceptors (Lipinski definition) is 6. The zero-order chi connectivity index (χ0) is 45.8. The third kappa shape index (κ3) is 7.69. The van der Waals surface area contributed by atoms with E-state index in [-0.39, 0.29) is 75.8 Å². The number of carbonyl (C=O) groups is 4. The van der Waals surface area contributed by atoms with E-state index in [9.17, 15) is 29.4 Å². The fourth-order valence-electron chi connectivity index (χ4n) is 15.0. The molecule has 5 fully saturated rings. The summed E-state index contributed by atoms with van der Waals surface area (Å²) in [4.78, 5) is 56.4. The van der Waals surface area contributed by atoms with E-state index in [1.165, 1.54) is 43.2 Å². The Morgan fingerprint density at radius 1 is 0.734 bits per heavy atom. The van der Waals surface area contributed by atoms with Gasteiger partial charge in [0.25, 0.3) is 11.8 Å². The Balaban J connectivity index is 0.877. The maximum atomic E-state index is 14.7. The molecule has 0 spiro atoms. The monoisotopic (exact) mass is 871 g/mol. The molecule has 0 radical (unpaired) electrons. The summed E-state index contributed by atoms with van der Waals surface area (Å²) in [5.41, 5.74) is 4.35. The summed E-state index contributed by atoms with van der Waals surface area (Å²) in [5.74, 6) is 0.754. The fraction of sp³-hybridized carbons (Fsp3) is 0.574. The Hall–Kier alpha value is -4.83. The van der Waals surface area contributed by atoms with Gasteiger partial charge < -0.3 is 26.2 Å². The van der Waals surface area contributed by atoms with Gasteiger partial charge in [-0.15, -0.1) is 0 Å². The summed E-state index contributed by atoms with van der Waals surface area (Å²) >= 11 is 0. The Labute approximate surface area is 379 Å². The number of carboxylic acids is 1. The number of aromatic carboxylic acids is 1. The molecule has 1 heterocycles. The van der Waals surface area contributed by atoms with Crippen molar-refractivity contribution in [1.29, 1.82) is 0 Å². The number of rotatable bonds is 12. The molecule has 0 saturated heterocycles. The molecule has 5 aliphatic rings. The molecule has 342 valence electrons. The molecule has 5 N–H and O–H groups in total. The van der Waals surface area contributed by atoms with Crippen molar-refractivity contribution in [2.24, 2.45) is 56.7 Å². The van der Waals surface area contributed by atoms with Crippen LogP contribution in [0.25, 0.3) is 0 Å². The number of aliphatic hydroxyl groups is 1. The van der Waals surface area contributed by atoms with E-state index in [1.807, 2.05) is 18.2 Å². The summed E-state index contributed by atoms with van der Waals surface area (Å²) < 4.78 is 0. The first kappa shape index (κ1) is 45.7. The predicted molar refractivity (Wildman–Crippen MR) is 248 cm³/mol. The molecule has 3 amide bonds. The van der Waals surface area contributed by atoms with Gasteiger partial charge in [0.2, 0.25) is 5.91 Å². The minimum absolute atomic E-state index is 0.0190. The molecule has 5 saturated carbocycles. The van der Waals surface area contributed by atoms with E-state index in [0.29, 0.717) is 47.8 Å². The smallest absolute Gasteiger partial charge is 0.337 e. The van der Waals surface area contributed by atoms with Crippen LogP contribution in [0.15, 0.2) is 79.0 Å². The lowest BCUT2D eigenvalue weighted by Gasteiger charge is -2.72. The first-order chi connectivity index (χ1) is 30.4. The number of pyridine rings is 1. The van der Waals surface area contributed by atoms with Crippen molar-refractivity contribution in [3.05, 3.63) is 113 Å². The van der Waals surface area contributed by atoms with Crippen LogP contribution in [-0.4, -0.2) is 51.5 Å². The van der Waals surface area contributed by atoms with Crippen LogP contribution in [0, 0.1) is 56.7 Å². The average molecular weight is 871 g/mol. The van der Waals surface area contributed by atoms with Gasteiger partial charge >= 0.3 is 5.97 Å². The third-order valence-electron chi connectivity index (χ3n) is 18.6. The minimum Gasteiger partial charge on any atom is -0.478 e. The largest absolute Gasteiger partial charge is 0.478 e. The van der Waals surface area contributed by atoms with Crippen molar-refractivity contribution in [2.75, 3.05) is 6.54 Å². The predicted octanol–water partition coefficient (Wildman–Crippen LogP) is 9.32. The van der Waals surface area contributed by atoms with Crippen LogP contribution >= 0.6 is 0 Å². The van der Waals surface area contributed by atoms with Gasteiger partial charge in [0, 0.05) is 30.4 Å². The maximum absolute atomic E-state index is 14.7. The van der Waals surface area contributed by atoms with Gasteiger partial charge in [-0.3, -0.25) is 19.4 Å². The number of carboxylic acid groups (broad SMARTS) is 1. The van der Waals surface area contributed by atoms with Crippen LogP contribution in [-0.2, 0) is 24.3 Å². The summed E-state index contributed by atoms with van der Waals surface area (Å²) in [6.07, 6.45) is 12.5. The van der Waals surface area contributed by atoms with Crippen molar-refractivity contribution in [2.45, 2.75) is 131 Å². The van der Waals surface area contributed by atoms with Crippen molar-refractivity contribution in [3.63, 3.8) is 0 Å². The van der Waals surface area contributed by atoms with Crippen molar-refractivity contribution in [3.8, 4) is 0 Å². The van der Waals surface area contributed by atoms with E-state index in [2.05, 4.69) is 69.1 Å². The lowest BCUT2D eigenvalue weighted by Crippen LogP contribution is -2.67. The Morgan fingerprint density at radius 2 is 1.47 bits per heavy atom. The van der Waals surface area contributed by atoms with Gasteiger partial charge in [-0.05, 0) is 176 Å². The molecule has 2 aromatic carbocycles. The first-order valence-electron chi connectivity index (χ1n) is 23.9. The van der Waals surface area contributed by atoms with Crippen molar-refractivity contribution >= 4 is 23.7 Å². The molecule has 10 atom stereocenters. The molecule has 64 heavy (non-hydrogen) atoms. The Bertz CT molecular complexity index is 2310. The molecule has 0 bridgehead atoms. The topological polar surface area (TPSA) is 158 Å². The second kappa shape index (κ2) is 17.2. The average Bonchev–Trinajstić information content (AvgIpc) is 3.68. The lowest BCUT2D eigenvalue weighted by molar-refractivity contribution is -0.246. The quantitative estimate of drug-likeness (QED) is 0.114. The molecule has 5 aliphatic carbocycles. The second-order valence-electron chi connectivity index (χ2n) is 21.8. The zero-order valence-electron chi connectivity index (χ0n) is 38.9. The molecular formula is C54H70N4O6. The van der Waals surface area contributed by atoms with E-state index in [4.69, 9.17) is 0 Å². The second-order valence-corrected chi connectivity index (χ2v) is 21.8. The van der Waals surface area contributed by atoms with Gasteiger partial charge in [-0.1, -0.05) is 71.0 Å². The number of benzene rings is 2. The summed E-state index contributed by atoms with van der Waals surface area (Å²) in [5, 5.41) is 29.7. The number of nitrogens with zero attached hydrogens (tertiary/aromatic N) is 1. The standard InChI is InChI=1S/C54H70N4O6/c1-33(2)38-19-25-54(27-26-52(6)40(45(38)54)17-18-43-51(5)23-21-44(59)50(3,4)42(51)20-24-53(43,52)7)49(64)56-29-22-34-10-8-11-37(30-34)47(61)57-31-35-13-15-36(16-14-35)46(60)58-32-41-39(48(62)63)12-9-28-55-41/h8-16,28,30,38,40,42-45,59H,1,17-27,29,31-32H2,2-7H3,(H,56,64)(H,57,61)(H,58,60)(H,62,63)/t38-,40?,42?,43?,44-,45?,51-,52+,53+,54-/m0/s1. The highest BCUT2D eigenvalue weighted by atomic mass is 16.4. The lowest BCUT2D eigenvalue weighted by atomic mass is 9.32. The maximum Gasteiger partial charge on any atom is 0.337 e. The molecular weight excluding hydrogens is 801 g/mol. The number of aliphatic hydroxyl groups excluding tert-OH is 1. The molecule has 10 heteroatoms. The van der Waals surface area contributed by atoms with Crippen molar-refractivity contribution < 1.29 is 29.4 Å². The highest BCUT2D eigenvalue weighted by molar-refractivity contribution is 5.95. The van der Waals surface area contributed by atoms with Crippen LogP contribution < -0.4 is 16.0 Å². The van der Waals surface area contributed by atoms with Crippen LogP contribution in [0.3, 0.4) is 0 Å². The summed E-state index contributed by atoms with van der Waals surface area (Å²) in [6.45, 7) is 19.9. The molecule has 10 nitrogen and oxygen atoms in total. The van der Waals surface area contributed by atoms with Crippen molar-refractivity contribution in [1.82, 2.24) is 20.9 Å². The number of fused-ring (bicyclic) bond motifs is 7. The van der Waals surface area contributed by atoms with Gasteiger partial charge in [0.1, 0.15) is 0 Å². The minimum atomic E-state index is -1.11.